The molecular formula is C9H13NO4. The van der Waals surface area contributed by atoms with Crippen LogP contribution in [0.4, 0.5) is 0 Å². The molecular weight excluding hydrogens is 186 g/mol. The highest BCUT2D eigenvalue weighted by atomic mass is 16.4. The molecule has 0 saturated carbocycles. The Morgan fingerprint density at radius 1 is 1.43 bits per heavy atom. The lowest BCUT2D eigenvalue weighted by Gasteiger charge is -2.31. The van der Waals surface area contributed by atoms with Gasteiger partial charge in [0.15, 0.2) is 0 Å². The van der Waals surface area contributed by atoms with Gasteiger partial charge in [-0.15, -0.1) is 0 Å². The van der Waals surface area contributed by atoms with Crippen molar-refractivity contribution in [3.05, 3.63) is 11.6 Å². The fraction of sp³-hybridized carbons (Fsp3) is 0.556. The van der Waals surface area contributed by atoms with Crippen molar-refractivity contribution in [3.8, 4) is 0 Å². The molecule has 0 unspecified atom stereocenters. The lowest BCUT2D eigenvalue weighted by atomic mass is 9.94. The zero-order valence-electron chi connectivity index (χ0n) is 8.15. The van der Waals surface area contributed by atoms with Gasteiger partial charge in [-0.1, -0.05) is 6.08 Å². The third-order valence-electron chi connectivity index (χ3n) is 2.70. The van der Waals surface area contributed by atoms with Crippen LogP contribution in [0.1, 0.15) is 12.8 Å². The molecule has 0 saturated heterocycles. The van der Waals surface area contributed by atoms with Crippen molar-refractivity contribution < 1.29 is 19.8 Å². The molecule has 0 aromatic rings. The number of nitrogens with zero attached hydrogens (tertiary/aromatic N) is 1. The lowest BCUT2D eigenvalue weighted by molar-refractivity contribution is -0.149. The molecule has 1 aliphatic carbocycles. The standard InChI is InChI=1S/C9H13NO4/c1-10(2)9(8(13)14)4-3-6(5-9)7(11)12/h3H,4-5H2,1-2H3,(H,11,12)(H,13,14)/t9-/m1/s1. The number of hydrogen-bond donors (Lipinski definition) is 2. The van der Waals surface area contributed by atoms with Crippen LogP contribution in [0.2, 0.25) is 0 Å². The van der Waals surface area contributed by atoms with Gasteiger partial charge < -0.3 is 10.2 Å². The van der Waals surface area contributed by atoms with Gasteiger partial charge in [-0.2, -0.15) is 0 Å². The first-order chi connectivity index (χ1) is 6.40. The van der Waals surface area contributed by atoms with Crippen LogP contribution in [0.25, 0.3) is 0 Å². The fourth-order valence-corrected chi connectivity index (χ4v) is 1.61. The molecule has 0 bridgehead atoms. The van der Waals surface area contributed by atoms with Gasteiger partial charge in [0.1, 0.15) is 5.54 Å². The summed E-state index contributed by atoms with van der Waals surface area (Å²) in [6, 6.07) is 0. The number of likely N-dealkylation sites (N-methyl/N-ethyl adjacent to an activating group) is 1. The van der Waals surface area contributed by atoms with E-state index in [1.165, 1.54) is 6.08 Å². The van der Waals surface area contributed by atoms with Crippen molar-refractivity contribution in [3.63, 3.8) is 0 Å². The van der Waals surface area contributed by atoms with Crippen LogP contribution >= 0.6 is 0 Å². The first-order valence-corrected chi connectivity index (χ1v) is 4.23. The summed E-state index contributed by atoms with van der Waals surface area (Å²) >= 11 is 0. The van der Waals surface area contributed by atoms with Crippen LogP contribution in [0.5, 0.6) is 0 Å². The van der Waals surface area contributed by atoms with Crippen LogP contribution in [-0.2, 0) is 9.59 Å². The van der Waals surface area contributed by atoms with Gasteiger partial charge in [0.2, 0.25) is 0 Å². The average Bonchev–Trinajstić information content (AvgIpc) is 2.48. The van der Waals surface area contributed by atoms with Crippen molar-refractivity contribution in [2.75, 3.05) is 14.1 Å². The number of carbonyl (C=O) groups is 2. The molecule has 0 aromatic carbocycles. The Hall–Kier alpha value is -1.36. The molecule has 14 heavy (non-hydrogen) atoms. The van der Waals surface area contributed by atoms with E-state index < -0.39 is 17.5 Å². The van der Waals surface area contributed by atoms with Crippen molar-refractivity contribution >= 4 is 11.9 Å². The summed E-state index contributed by atoms with van der Waals surface area (Å²) in [4.78, 5) is 23.3. The molecule has 0 amide bonds. The normalized spacial score (nSPS) is 26.4. The highest BCUT2D eigenvalue weighted by Gasteiger charge is 2.45. The smallest absolute Gasteiger partial charge is 0.331 e. The third-order valence-corrected chi connectivity index (χ3v) is 2.70. The first-order valence-electron chi connectivity index (χ1n) is 4.23. The monoisotopic (exact) mass is 199 g/mol. The van der Waals surface area contributed by atoms with E-state index in [1.807, 2.05) is 0 Å². The summed E-state index contributed by atoms with van der Waals surface area (Å²) in [5, 5.41) is 17.8. The van der Waals surface area contributed by atoms with E-state index in [4.69, 9.17) is 10.2 Å². The van der Waals surface area contributed by atoms with Crippen LogP contribution < -0.4 is 0 Å². The summed E-state index contributed by atoms with van der Waals surface area (Å²) in [5.74, 6) is -2.01. The van der Waals surface area contributed by atoms with Crippen molar-refractivity contribution in [2.24, 2.45) is 0 Å². The molecule has 78 valence electrons. The summed E-state index contributed by atoms with van der Waals surface area (Å²) < 4.78 is 0. The molecule has 0 spiro atoms. The zero-order valence-corrected chi connectivity index (χ0v) is 8.15. The molecule has 0 radical (unpaired) electrons. The van der Waals surface area contributed by atoms with E-state index in [-0.39, 0.29) is 18.4 Å². The second-order valence-corrected chi connectivity index (χ2v) is 3.65. The van der Waals surface area contributed by atoms with E-state index >= 15 is 0 Å². The Labute approximate surface area is 81.6 Å². The summed E-state index contributed by atoms with van der Waals surface area (Å²) in [5.41, 5.74) is -0.894. The second-order valence-electron chi connectivity index (χ2n) is 3.65. The number of carboxylic acids is 2. The van der Waals surface area contributed by atoms with E-state index in [0.717, 1.165) is 0 Å². The van der Waals surface area contributed by atoms with Gasteiger partial charge in [0.05, 0.1) is 0 Å². The van der Waals surface area contributed by atoms with Gasteiger partial charge in [-0.05, 0) is 20.5 Å². The maximum atomic E-state index is 11.1. The minimum atomic E-state index is -1.08. The van der Waals surface area contributed by atoms with Crippen molar-refractivity contribution in [1.82, 2.24) is 4.90 Å². The SMILES string of the molecule is CN(C)[C@]1(C(=O)O)CC=C(C(=O)O)C1. The molecule has 0 aliphatic heterocycles. The zero-order chi connectivity index (χ0) is 10.9. The van der Waals surface area contributed by atoms with Crippen LogP contribution in [0.3, 0.4) is 0 Å². The summed E-state index contributed by atoms with van der Waals surface area (Å²) in [6.07, 6.45) is 1.79. The first kappa shape index (κ1) is 10.7. The molecule has 0 aromatic heterocycles. The number of aliphatic carboxylic acids is 2. The van der Waals surface area contributed by atoms with E-state index in [2.05, 4.69) is 0 Å². The van der Waals surface area contributed by atoms with Crippen molar-refractivity contribution in [2.45, 2.75) is 18.4 Å². The molecule has 0 fully saturated rings. The molecule has 5 heteroatoms. The lowest BCUT2D eigenvalue weighted by Crippen LogP contribution is -2.49. The Morgan fingerprint density at radius 3 is 2.21 bits per heavy atom. The van der Waals surface area contributed by atoms with Gasteiger partial charge in [0.25, 0.3) is 0 Å². The number of hydrogen-bond acceptors (Lipinski definition) is 3. The topological polar surface area (TPSA) is 77.8 Å². The highest BCUT2D eigenvalue weighted by molar-refractivity contribution is 5.91. The van der Waals surface area contributed by atoms with Crippen LogP contribution in [0, 0.1) is 0 Å². The Balaban J connectivity index is 2.91. The predicted octanol–water partition coefficient (Wildman–Crippen LogP) is 0.176. The van der Waals surface area contributed by atoms with Gasteiger partial charge >= 0.3 is 11.9 Å². The number of rotatable bonds is 3. The quantitative estimate of drug-likeness (QED) is 0.677. The molecule has 1 rings (SSSR count). The van der Waals surface area contributed by atoms with Crippen molar-refractivity contribution in [1.29, 1.82) is 0 Å². The van der Waals surface area contributed by atoms with E-state index in [1.54, 1.807) is 19.0 Å². The largest absolute Gasteiger partial charge is 0.480 e. The second kappa shape index (κ2) is 3.42. The molecule has 1 aliphatic rings. The molecule has 1 atom stereocenters. The summed E-state index contributed by atoms with van der Waals surface area (Å²) in [6.45, 7) is 0. The highest BCUT2D eigenvalue weighted by Crippen LogP contribution is 2.33. The minimum Gasteiger partial charge on any atom is -0.480 e. The van der Waals surface area contributed by atoms with Crippen LogP contribution in [0.15, 0.2) is 11.6 Å². The minimum absolute atomic E-state index is 0.0602. The predicted molar refractivity (Wildman–Crippen MR) is 49.0 cm³/mol. The Bertz CT molecular complexity index is 308. The molecule has 2 N–H and O–H groups in total. The van der Waals surface area contributed by atoms with Gasteiger partial charge in [-0.25, -0.2) is 4.79 Å². The third kappa shape index (κ3) is 1.50. The Morgan fingerprint density at radius 2 is 2.00 bits per heavy atom. The number of carboxylic acid groups (broad SMARTS) is 2. The average molecular weight is 199 g/mol. The molecule has 0 heterocycles. The fourth-order valence-electron chi connectivity index (χ4n) is 1.61. The summed E-state index contributed by atoms with van der Waals surface area (Å²) in [7, 11) is 3.29. The molecule has 5 nitrogen and oxygen atoms in total. The maximum Gasteiger partial charge on any atom is 0.331 e. The van der Waals surface area contributed by atoms with Gasteiger partial charge in [0, 0.05) is 12.0 Å². The van der Waals surface area contributed by atoms with Gasteiger partial charge in [-0.3, -0.25) is 9.69 Å². The Kier molecular flexibility index (Phi) is 2.62. The maximum absolute atomic E-state index is 11.1. The van der Waals surface area contributed by atoms with E-state index in [9.17, 15) is 9.59 Å². The van der Waals surface area contributed by atoms with E-state index in [0.29, 0.717) is 0 Å². The van der Waals surface area contributed by atoms with Crippen LogP contribution in [-0.4, -0.2) is 46.7 Å².